The number of hydrogen-bond donors (Lipinski definition) is 2. The minimum atomic E-state index is -0.331. The van der Waals surface area contributed by atoms with Crippen LogP contribution in [0, 0.1) is 6.92 Å². The standard InChI is InChI=1S/C17H20N4O4/c1-11-19-9-12(17(23)20-11)8-15(22)21-13-5-7-24-10-14(13)25-16-4-2-3-6-18-16/h2-4,6,9,13-14H,5,7-8,10H2,1H3,(H,21,22)(H,19,20,23)/t13-,14-/m1/s1. The molecule has 1 aliphatic rings. The number of rotatable bonds is 5. The molecule has 2 aromatic heterocycles. The fourth-order valence-electron chi connectivity index (χ4n) is 2.63. The Kier molecular flexibility index (Phi) is 5.39. The molecule has 0 aromatic carbocycles. The van der Waals surface area contributed by atoms with Crippen molar-refractivity contribution in [1.29, 1.82) is 0 Å². The van der Waals surface area contributed by atoms with Crippen molar-refractivity contribution >= 4 is 5.91 Å². The minimum absolute atomic E-state index is 0.0315. The van der Waals surface area contributed by atoms with Gasteiger partial charge < -0.3 is 19.8 Å². The van der Waals surface area contributed by atoms with Crippen molar-refractivity contribution in [1.82, 2.24) is 20.3 Å². The Hall–Kier alpha value is -2.74. The molecule has 1 fully saturated rings. The molecule has 8 heteroatoms. The number of ether oxygens (including phenoxy) is 2. The topological polar surface area (TPSA) is 106 Å². The highest BCUT2D eigenvalue weighted by atomic mass is 16.5. The molecule has 0 unspecified atom stereocenters. The molecule has 2 N–H and O–H groups in total. The maximum absolute atomic E-state index is 12.3. The number of carbonyl (C=O) groups excluding carboxylic acids is 1. The number of hydrogen-bond acceptors (Lipinski definition) is 6. The van der Waals surface area contributed by atoms with Crippen molar-refractivity contribution in [3.05, 3.63) is 52.3 Å². The number of aryl methyl sites for hydroxylation is 1. The normalized spacial score (nSPS) is 20.0. The molecule has 8 nitrogen and oxygen atoms in total. The molecule has 0 radical (unpaired) electrons. The number of aromatic amines is 1. The Labute approximate surface area is 144 Å². The molecule has 1 aliphatic heterocycles. The van der Waals surface area contributed by atoms with Gasteiger partial charge in [0.15, 0.2) is 0 Å². The summed E-state index contributed by atoms with van der Waals surface area (Å²) in [6, 6.07) is 5.18. The number of aromatic nitrogens is 3. The fourth-order valence-corrected chi connectivity index (χ4v) is 2.63. The monoisotopic (exact) mass is 344 g/mol. The molecule has 0 saturated carbocycles. The average Bonchev–Trinajstić information content (AvgIpc) is 2.60. The molecule has 1 amide bonds. The van der Waals surface area contributed by atoms with Crippen LogP contribution in [-0.2, 0) is 16.0 Å². The van der Waals surface area contributed by atoms with Crippen molar-refractivity contribution < 1.29 is 14.3 Å². The summed E-state index contributed by atoms with van der Waals surface area (Å²) in [4.78, 5) is 34.9. The molecule has 2 atom stereocenters. The maximum Gasteiger partial charge on any atom is 0.254 e. The van der Waals surface area contributed by atoms with E-state index in [1.54, 1.807) is 25.3 Å². The number of pyridine rings is 1. The van der Waals surface area contributed by atoms with Gasteiger partial charge in [-0.05, 0) is 19.4 Å². The van der Waals surface area contributed by atoms with E-state index in [4.69, 9.17) is 9.47 Å². The largest absolute Gasteiger partial charge is 0.470 e. The first-order valence-electron chi connectivity index (χ1n) is 8.11. The van der Waals surface area contributed by atoms with Gasteiger partial charge in [0.2, 0.25) is 11.8 Å². The van der Waals surface area contributed by atoms with Crippen LogP contribution in [0.1, 0.15) is 17.8 Å². The van der Waals surface area contributed by atoms with Crippen LogP contribution < -0.4 is 15.6 Å². The first-order valence-corrected chi connectivity index (χ1v) is 8.11. The smallest absolute Gasteiger partial charge is 0.254 e. The van der Waals surface area contributed by atoms with E-state index in [1.807, 2.05) is 6.07 Å². The third-order valence-electron chi connectivity index (χ3n) is 3.91. The average molecular weight is 344 g/mol. The summed E-state index contributed by atoms with van der Waals surface area (Å²) < 4.78 is 11.3. The Morgan fingerprint density at radius 2 is 2.32 bits per heavy atom. The lowest BCUT2D eigenvalue weighted by molar-refractivity contribution is -0.123. The quantitative estimate of drug-likeness (QED) is 0.812. The van der Waals surface area contributed by atoms with Crippen LogP contribution in [0.15, 0.2) is 35.4 Å². The van der Waals surface area contributed by atoms with Crippen molar-refractivity contribution in [3.8, 4) is 5.88 Å². The van der Waals surface area contributed by atoms with Gasteiger partial charge in [-0.15, -0.1) is 0 Å². The van der Waals surface area contributed by atoms with Gasteiger partial charge >= 0.3 is 0 Å². The Bertz CT molecular complexity index is 778. The molecule has 25 heavy (non-hydrogen) atoms. The number of amides is 1. The lowest BCUT2D eigenvalue weighted by Crippen LogP contribution is -2.52. The van der Waals surface area contributed by atoms with Gasteiger partial charge in [0.1, 0.15) is 11.9 Å². The summed E-state index contributed by atoms with van der Waals surface area (Å²) in [5.41, 5.74) is 0.0354. The van der Waals surface area contributed by atoms with Gasteiger partial charge in [-0.1, -0.05) is 6.07 Å². The molecule has 0 aliphatic carbocycles. The molecule has 0 spiro atoms. The lowest BCUT2D eigenvalue weighted by atomic mass is 10.1. The second-order valence-corrected chi connectivity index (χ2v) is 5.86. The van der Waals surface area contributed by atoms with Crippen LogP contribution in [0.25, 0.3) is 0 Å². The van der Waals surface area contributed by atoms with Crippen LogP contribution in [0.4, 0.5) is 0 Å². The second kappa shape index (κ2) is 7.89. The van der Waals surface area contributed by atoms with Gasteiger partial charge in [0.05, 0.1) is 19.1 Å². The number of carbonyl (C=O) groups is 1. The third kappa shape index (κ3) is 4.63. The van der Waals surface area contributed by atoms with E-state index in [-0.39, 0.29) is 30.0 Å². The minimum Gasteiger partial charge on any atom is -0.470 e. The summed E-state index contributed by atoms with van der Waals surface area (Å²) in [6.07, 6.45) is 3.34. The van der Waals surface area contributed by atoms with Gasteiger partial charge in [0.25, 0.3) is 5.56 Å². The molecule has 1 saturated heterocycles. The van der Waals surface area contributed by atoms with E-state index < -0.39 is 0 Å². The maximum atomic E-state index is 12.3. The van der Waals surface area contributed by atoms with Crippen molar-refractivity contribution in [3.63, 3.8) is 0 Å². The summed E-state index contributed by atoms with van der Waals surface area (Å²) in [7, 11) is 0. The number of H-pyrrole nitrogens is 1. The Morgan fingerprint density at radius 3 is 3.08 bits per heavy atom. The Morgan fingerprint density at radius 1 is 1.44 bits per heavy atom. The van der Waals surface area contributed by atoms with E-state index in [1.165, 1.54) is 6.20 Å². The Balaban J connectivity index is 1.62. The van der Waals surface area contributed by atoms with Crippen LogP contribution >= 0.6 is 0 Å². The molecule has 132 valence electrons. The zero-order valence-electron chi connectivity index (χ0n) is 13.9. The first-order chi connectivity index (χ1) is 12.1. The lowest BCUT2D eigenvalue weighted by Gasteiger charge is -2.32. The van der Waals surface area contributed by atoms with Gasteiger partial charge in [-0.25, -0.2) is 9.97 Å². The van der Waals surface area contributed by atoms with Crippen molar-refractivity contribution in [2.24, 2.45) is 0 Å². The molecule has 3 heterocycles. The first kappa shape index (κ1) is 17.1. The summed E-state index contributed by atoms with van der Waals surface area (Å²) >= 11 is 0. The van der Waals surface area contributed by atoms with E-state index in [9.17, 15) is 9.59 Å². The van der Waals surface area contributed by atoms with Crippen LogP contribution in [0.2, 0.25) is 0 Å². The molecule has 2 aromatic rings. The number of nitrogens with one attached hydrogen (secondary N) is 2. The van der Waals surface area contributed by atoms with Crippen molar-refractivity contribution in [2.75, 3.05) is 13.2 Å². The predicted octanol–water partition coefficient (Wildman–Crippen LogP) is 0.369. The van der Waals surface area contributed by atoms with E-state index >= 15 is 0 Å². The van der Waals surface area contributed by atoms with Gasteiger partial charge in [0, 0.05) is 30.6 Å². The summed E-state index contributed by atoms with van der Waals surface area (Å²) in [6.45, 7) is 2.60. The van der Waals surface area contributed by atoms with E-state index in [0.29, 0.717) is 36.9 Å². The van der Waals surface area contributed by atoms with Crippen molar-refractivity contribution in [2.45, 2.75) is 31.9 Å². The summed E-state index contributed by atoms with van der Waals surface area (Å²) in [5.74, 6) is 0.747. The second-order valence-electron chi connectivity index (χ2n) is 5.86. The molecule has 0 bridgehead atoms. The van der Waals surface area contributed by atoms with Gasteiger partial charge in [-0.2, -0.15) is 0 Å². The van der Waals surface area contributed by atoms with E-state index in [0.717, 1.165) is 0 Å². The number of nitrogens with zero attached hydrogens (tertiary/aromatic N) is 2. The molecular formula is C17H20N4O4. The molecular weight excluding hydrogens is 324 g/mol. The SMILES string of the molecule is Cc1ncc(CC(=O)N[C@@H]2CCOC[C@H]2Oc2ccccn2)c(=O)[nH]1. The third-order valence-corrected chi connectivity index (χ3v) is 3.91. The molecule has 3 rings (SSSR count). The zero-order valence-corrected chi connectivity index (χ0v) is 13.9. The highest BCUT2D eigenvalue weighted by molar-refractivity contribution is 5.78. The predicted molar refractivity (Wildman–Crippen MR) is 89.3 cm³/mol. The van der Waals surface area contributed by atoms with Gasteiger partial charge in [-0.3, -0.25) is 9.59 Å². The van der Waals surface area contributed by atoms with E-state index in [2.05, 4.69) is 20.3 Å². The van der Waals surface area contributed by atoms with Crippen LogP contribution in [0.5, 0.6) is 5.88 Å². The summed E-state index contributed by atoms with van der Waals surface area (Å²) in [5, 5.41) is 2.93. The van der Waals surface area contributed by atoms with Crippen LogP contribution in [0.3, 0.4) is 0 Å². The fraction of sp³-hybridized carbons (Fsp3) is 0.412. The highest BCUT2D eigenvalue weighted by Crippen LogP contribution is 2.15. The van der Waals surface area contributed by atoms with Crippen LogP contribution in [-0.4, -0.2) is 46.2 Å². The highest BCUT2D eigenvalue weighted by Gasteiger charge is 2.29. The zero-order chi connectivity index (χ0) is 17.6.